The van der Waals surface area contributed by atoms with Crippen LogP contribution in [0, 0.1) is 0 Å². The fourth-order valence-electron chi connectivity index (χ4n) is 2.00. The molecule has 3 aromatic rings. The number of esters is 1. The molecule has 0 N–H and O–H groups in total. The number of rotatable bonds is 4. The monoisotopic (exact) mass is 368 g/mol. The van der Waals surface area contributed by atoms with Crippen LogP contribution in [-0.4, -0.2) is 26.1 Å². The van der Waals surface area contributed by atoms with Gasteiger partial charge in [0.25, 0.3) is 10.0 Å². The Morgan fingerprint density at radius 3 is 2.74 bits per heavy atom. The maximum atomic E-state index is 12.4. The number of nitrogens with zero attached hydrogens (tertiary/aromatic N) is 2. The summed E-state index contributed by atoms with van der Waals surface area (Å²) in [5, 5.41) is 1.68. The Labute approximate surface area is 140 Å². The number of thiazole rings is 1. The second kappa shape index (κ2) is 6.26. The van der Waals surface area contributed by atoms with Gasteiger partial charge in [0.2, 0.25) is 4.80 Å². The lowest BCUT2D eigenvalue weighted by molar-refractivity contribution is -0.141. The van der Waals surface area contributed by atoms with Crippen molar-refractivity contribution in [3.63, 3.8) is 0 Å². The average molecular weight is 368 g/mol. The van der Waals surface area contributed by atoms with Crippen molar-refractivity contribution in [3.8, 4) is 0 Å². The number of benzene rings is 1. The van der Waals surface area contributed by atoms with E-state index in [1.807, 2.05) is 24.3 Å². The SMILES string of the molecule is COC(=O)Cn1/c(=N/S(=O)(=O)c2cccs2)sc2ccccc21. The van der Waals surface area contributed by atoms with E-state index >= 15 is 0 Å². The van der Waals surface area contributed by atoms with Gasteiger partial charge in [0, 0.05) is 0 Å². The van der Waals surface area contributed by atoms with Crippen molar-refractivity contribution >= 4 is 48.9 Å². The highest BCUT2D eigenvalue weighted by molar-refractivity contribution is 7.92. The number of para-hydroxylation sites is 1. The highest BCUT2D eigenvalue weighted by Gasteiger charge is 2.16. The molecule has 2 aromatic heterocycles. The number of hydrogen-bond acceptors (Lipinski definition) is 6. The maximum absolute atomic E-state index is 12.4. The second-order valence-corrected chi connectivity index (χ2v) is 8.30. The number of fused-ring (bicyclic) bond motifs is 1. The van der Waals surface area contributed by atoms with Gasteiger partial charge in [0.1, 0.15) is 10.8 Å². The molecule has 0 aliphatic heterocycles. The van der Waals surface area contributed by atoms with E-state index in [-0.39, 0.29) is 15.6 Å². The van der Waals surface area contributed by atoms with Crippen molar-refractivity contribution in [3.05, 3.63) is 46.6 Å². The Kier molecular flexibility index (Phi) is 4.33. The second-order valence-electron chi connectivity index (χ2n) is 4.51. The van der Waals surface area contributed by atoms with E-state index < -0.39 is 16.0 Å². The maximum Gasteiger partial charge on any atom is 0.325 e. The molecular formula is C14H12N2O4S3. The summed E-state index contributed by atoms with van der Waals surface area (Å²) < 4.78 is 35.9. The van der Waals surface area contributed by atoms with E-state index in [4.69, 9.17) is 0 Å². The standard InChI is InChI=1S/C14H12N2O4S3/c1-20-12(17)9-16-10-5-2-3-6-11(10)22-14(16)15-23(18,19)13-7-4-8-21-13/h2-8H,9H2,1H3/b15-14-. The minimum atomic E-state index is -3.80. The summed E-state index contributed by atoms with van der Waals surface area (Å²) in [7, 11) is -2.51. The molecule has 120 valence electrons. The molecule has 0 spiro atoms. The molecule has 0 saturated carbocycles. The highest BCUT2D eigenvalue weighted by atomic mass is 32.2. The van der Waals surface area contributed by atoms with Crippen molar-refractivity contribution in [2.45, 2.75) is 10.8 Å². The summed E-state index contributed by atoms with van der Waals surface area (Å²) in [6.45, 7) is -0.0979. The van der Waals surface area contributed by atoms with Gasteiger partial charge in [-0.3, -0.25) is 4.79 Å². The fraction of sp³-hybridized carbons (Fsp3) is 0.143. The summed E-state index contributed by atoms with van der Waals surface area (Å²) in [4.78, 5) is 11.9. The van der Waals surface area contributed by atoms with E-state index in [1.165, 1.54) is 24.5 Å². The van der Waals surface area contributed by atoms with Crippen molar-refractivity contribution < 1.29 is 17.9 Å². The van der Waals surface area contributed by atoms with Gasteiger partial charge in [0.05, 0.1) is 17.3 Å². The summed E-state index contributed by atoms with van der Waals surface area (Å²) in [5.74, 6) is -0.469. The number of aromatic nitrogens is 1. The molecule has 0 radical (unpaired) electrons. The molecule has 1 aromatic carbocycles. The molecule has 0 saturated heterocycles. The van der Waals surface area contributed by atoms with E-state index in [0.717, 1.165) is 21.6 Å². The van der Waals surface area contributed by atoms with Gasteiger partial charge < -0.3 is 9.30 Å². The van der Waals surface area contributed by atoms with Crippen LogP contribution in [0.4, 0.5) is 0 Å². The number of thiophene rings is 1. The third-order valence-corrected chi connectivity index (χ3v) is 6.87. The van der Waals surface area contributed by atoms with Crippen LogP contribution in [0.25, 0.3) is 10.2 Å². The van der Waals surface area contributed by atoms with Crippen LogP contribution in [-0.2, 0) is 26.1 Å². The zero-order chi connectivity index (χ0) is 16.4. The smallest absolute Gasteiger partial charge is 0.325 e. The van der Waals surface area contributed by atoms with Crippen LogP contribution in [0.5, 0.6) is 0 Å². The van der Waals surface area contributed by atoms with Crippen LogP contribution in [0.3, 0.4) is 0 Å². The summed E-state index contributed by atoms with van der Waals surface area (Å²) >= 11 is 2.32. The number of hydrogen-bond donors (Lipinski definition) is 0. The average Bonchev–Trinajstić information content (AvgIpc) is 3.16. The van der Waals surface area contributed by atoms with E-state index in [0.29, 0.717) is 0 Å². The first-order valence-electron chi connectivity index (χ1n) is 6.51. The van der Waals surface area contributed by atoms with Gasteiger partial charge in [-0.15, -0.1) is 15.7 Å². The van der Waals surface area contributed by atoms with E-state index in [1.54, 1.807) is 16.0 Å². The molecule has 0 fully saturated rings. The largest absolute Gasteiger partial charge is 0.468 e. The van der Waals surface area contributed by atoms with Gasteiger partial charge in [-0.2, -0.15) is 8.42 Å². The van der Waals surface area contributed by atoms with Crippen LogP contribution in [0.2, 0.25) is 0 Å². The van der Waals surface area contributed by atoms with Gasteiger partial charge in [0.15, 0.2) is 0 Å². The lowest BCUT2D eigenvalue weighted by Gasteiger charge is -2.03. The molecule has 3 rings (SSSR count). The molecule has 2 heterocycles. The third kappa shape index (κ3) is 3.21. The van der Waals surface area contributed by atoms with Gasteiger partial charge in [-0.25, -0.2) is 0 Å². The van der Waals surface area contributed by atoms with Gasteiger partial charge in [-0.05, 0) is 23.6 Å². The first-order valence-corrected chi connectivity index (χ1v) is 9.64. The Hall–Kier alpha value is -1.97. The number of carbonyl (C=O) groups excluding carboxylic acids is 1. The first kappa shape index (κ1) is 15.9. The molecular weight excluding hydrogens is 356 g/mol. The minimum Gasteiger partial charge on any atom is -0.468 e. The number of sulfonamides is 1. The number of ether oxygens (including phenoxy) is 1. The first-order chi connectivity index (χ1) is 11.0. The van der Waals surface area contributed by atoms with Gasteiger partial charge in [-0.1, -0.05) is 29.5 Å². The fourth-order valence-corrected chi connectivity index (χ4v) is 5.20. The third-order valence-electron chi connectivity index (χ3n) is 3.05. The lowest BCUT2D eigenvalue weighted by atomic mass is 10.3. The van der Waals surface area contributed by atoms with Crippen LogP contribution >= 0.6 is 22.7 Å². The highest BCUT2D eigenvalue weighted by Crippen LogP contribution is 2.20. The summed E-state index contributed by atoms with van der Waals surface area (Å²) in [6.07, 6.45) is 0. The molecule has 23 heavy (non-hydrogen) atoms. The van der Waals surface area contributed by atoms with Crippen LogP contribution in [0.15, 0.2) is 50.4 Å². The molecule has 0 amide bonds. The molecule has 0 aliphatic carbocycles. The molecule has 0 aliphatic rings. The van der Waals surface area contributed by atoms with Crippen molar-refractivity contribution in [2.24, 2.45) is 4.40 Å². The Morgan fingerprint density at radius 1 is 1.26 bits per heavy atom. The minimum absolute atomic E-state index is 0.0979. The molecule has 0 unspecified atom stereocenters. The van der Waals surface area contributed by atoms with E-state index in [9.17, 15) is 13.2 Å². The lowest BCUT2D eigenvalue weighted by Crippen LogP contribution is -2.22. The quantitative estimate of drug-likeness (QED) is 0.662. The Morgan fingerprint density at radius 2 is 2.04 bits per heavy atom. The number of carbonyl (C=O) groups is 1. The zero-order valence-corrected chi connectivity index (χ0v) is 14.5. The van der Waals surface area contributed by atoms with Crippen molar-refractivity contribution in [2.75, 3.05) is 7.11 Å². The molecule has 0 bridgehead atoms. The Balaban J connectivity index is 2.22. The Bertz CT molecular complexity index is 1010. The van der Waals surface area contributed by atoms with Crippen molar-refractivity contribution in [1.82, 2.24) is 4.57 Å². The van der Waals surface area contributed by atoms with Crippen LogP contribution in [0.1, 0.15) is 0 Å². The topological polar surface area (TPSA) is 77.7 Å². The molecule has 9 heteroatoms. The normalized spacial score (nSPS) is 12.7. The molecule has 0 atom stereocenters. The summed E-state index contributed by atoms with van der Waals surface area (Å²) in [5.41, 5.74) is 0.739. The van der Waals surface area contributed by atoms with Crippen molar-refractivity contribution in [1.29, 1.82) is 0 Å². The predicted octanol–water partition coefficient (Wildman–Crippen LogP) is 2.23. The summed E-state index contributed by atoms with van der Waals surface area (Å²) in [6, 6.07) is 10.5. The number of methoxy groups -OCH3 is 1. The predicted molar refractivity (Wildman–Crippen MR) is 88.9 cm³/mol. The van der Waals surface area contributed by atoms with Crippen LogP contribution < -0.4 is 4.80 Å². The van der Waals surface area contributed by atoms with E-state index in [2.05, 4.69) is 9.13 Å². The molecule has 6 nitrogen and oxygen atoms in total. The zero-order valence-electron chi connectivity index (χ0n) is 12.0. The van der Waals surface area contributed by atoms with Gasteiger partial charge >= 0.3 is 5.97 Å².